The lowest BCUT2D eigenvalue weighted by Gasteiger charge is -2.24. The zero-order valence-corrected chi connectivity index (χ0v) is 11.8. The third-order valence-corrected chi connectivity index (χ3v) is 3.17. The number of amides is 1. The van der Waals surface area contributed by atoms with Crippen molar-refractivity contribution in [2.24, 2.45) is 5.41 Å². The van der Waals surface area contributed by atoms with Gasteiger partial charge in [-0.05, 0) is 42.9 Å². The lowest BCUT2D eigenvalue weighted by atomic mass is 9.88. The minimum absolute atomic E-state index is 0.0817. The van der Waals surface area contributed by atoms with Crippen LogP contribution in [0.15, 0.2) is 18.2 Å². The van der Waals surface area contributed by atoms with Crippen LogP contribution in [-0.4, -0.2) is 24.2 Å². The van der Waals surface area contributed by atoms with Crippen molar-refractivity contribution in [2.75, 3.05) is 13.2 Å². The van der Waals surface area contributed by atoms with Gasteiger partial charge in [0.15, 0.2) is 0 Å². The largest absolute Gasteiger partial charge is 0.396 e. The Hall–Kier alpha value is -1.42. The molecule has 3 nitrogen and oxygen atoms in total. The lowest BCUT2D eigenvalue weighted by Crippen LogP contribution is -2.34. The Labute approximate surface area is 113 Å². The highest BCUT2D eigenvalue weighted by Gasteiger charge is 2.19. The van der Waals surface area contributed by atoms with E-state index in [0.717, 1.165) is 6.42 Å². The molecule has 1 aromatic carbocycles. The first kappa shape index (κ1) is 15.6. The highest BCUT2D eigenvalue weighted by molar-refractivity contribution is 5.94. The number of halogens is 1. The summed E-state index contributed by atoms with van der Waals surface area (Å²) in [6.45, 7) is 6.37. The van der Waals surface area contributed by atoms with E-state index in [9.17, 15) is 9.18 Å². The second-order valence-corrected chi connectivity index (χ2v) is 5.64. The normalized spacial score (nSPS) is 11.4. The molecule has 0 aliphatic rings. The Morgan fingerprint density at radius 2 is 2.11 bits per heavy atom. The van der Waals surface area contributed by atoms with Crippen LogP contribution in [0.3, 0.4) is 0 Å². The van der Waals surface area contributed by atoms with Crippen molar-refractivity contribution >= 4 is 5.91 Å². The van der Waals surface area contributed by atoms with Gasteiger partial charge in [0.2, 0.25) is 0 Å². The fraction of sp³-hybridized carbons (Fsp3) is 0.533. The minimum Gasteiger partial charge on any atom is -0.396 e. The summed E-state index contributed by atoms with van der Waals surface area (Å²) in [6, 6.07) is 4.47. The van der Waals surface area contributed by atoms with Gasteiger partial charge in [0.25, 0.3) is 5.91 Å². The van der Waals surface area contributed by atoms with Crippen LogP contribution >= 0.6 is 0 Å². The van der Waals surface area contributed by atoms with E-state index in [2.05, 4.69) is 5.32 Å². The van der Waals surface area contributed by atoms with Gasteiger partial charge in [0.05, 0.1) is 0 Å². The van der Waals surface area contributed by atoms with Gasteiger partial charge in [-0.1, -0.05) is 19.9 Å². The number of hydrogen-bond donors (Lipinski definition) is 2. The van der Waals surface area contributed by atoms with E-state index in [1.54, 1.807) is 19.1 Å². The van der Waals surface area contributed by atoms with Crippen LogP contribution in [-0.2, 0) is 0 Å². The summed E-state index contributed by atoms with van der Waals surface area (Å²) in [5.41, 5.74) is 0.780. The van der Waals surface area contributed by atoms with Crippen LogP contribution < -0.4 is 5.32 Å². The Morgan fingerprint density at radius 3 is 2.68 bits per heavy atom. The molecule has 0 aliphatic heterocycles. The van der Waals surface area contributed by atoms with Crippen LogP contribution in [0.25, 0.3) is 0 Å². The van der Waals surface area contributed by atoms with Crippen LogP contribution in [0.4, 0.5) is 4.39 Å². The second-order valence-electron chi connectivity index (χ2n) is 5.64. The number of nitrogens with one attached hydrogen (secondary N) is 1. The van der Waals surface area contributed by atoms with E-state index >= 15 is 0 Å². The van der Waals surface area contributed by atoms with Crippen LogP contribution in [0.2, 0.25) is 0 Å². The summed E-state index contributed by atoms with van der Waals surface area (Å²) in [4.78, 5) is 11.9. The van der Waals surface area contributed by atoms with Gasteiger partial charge in [-0.25, -0.2) is 4.39 Å². The quantitative estimate of drug-likeness (QED) is 0.832. The van der Waals surface area contributed by atoms with Gasteiger partial charge in [0.1, 0.15) is 5.82 Å². The SMILES string of the molecule is Cc1ccc(C(=O)NCC(C)(C)CCCO)cc1F. The van der Waals surface area contributed by atoms with Crippen molar-refractivity contribution in [1.82, 2.24) is 5.32 Å². The molecule has 106 valence electrons. The zero-order chi connectivity index (χ0) is 14.5. The molecule has 0 heterocycles. The van der Waals surface area contributed by atoms with E-state index in [0.29, 0.717) is 24.1 Å². The maximum absolute atomic E-state index is 13.4. The second kappa shape index (κ2) is 6.66. The summed E-state index contributed by atoms with van der Waals surface area (Å²) in [7, 11) is 0. The topological polar surface area (TPSA) is 49.3 Å². The van der Waals surface area contributed by atoms with Crippen LogP contribution in [0, 0.1) is 18.2 Å². The smallest absolute Gasteiger partial charge is 0.251 e. The predicted molar refractivity (Wildman–Crippen MR) is 73.6 cm³/mol. The van der Waals surface area contributed by atoms with Gasteiger partial charge in [-0.2, -0.15) is 0 Å². The molecule has 0 fully saturated rings. The average molecular weight is 267 g/mol. The molecule has 1 aromatic rings. The van der Waals surface area contributed by atoms with Crippen molar-refractivity contribution in [2.45, 2.75) is 33.6 Å². The number of carbonyl (C=O) groups is 1. The van der Waals surface area contributed by atoms with E-state index < -0.39 is 0 Å². The van der Waals surface area contributed by atoms with Crippen molar-refractivity contribution in [1.29, 1.82) is 0 Å². The fourth-order valence-corrected chi connectivity index (χ4v) is 1.80. The van der Waals surface area contributed by atoms with Crippen molar-refractivity contribution in [3.8, 4) is 0 Å². The monoisotopic (exact) mass is 267 g/mol. The summed E-state index contributed by atoms with van der Waals surface area (Å²) in [6.07, 6.45) is 1.54. The molecule has 2 N–H and O–H groups in total. The Morgan fingerprint density at radius 1 is 1.42 bits per heavy atom. The van der Waals surface area contributed by atoms with E-state index in [1.165, 1.54) is 6.07 Å². The Kier molecular flexibility index (Phi) is 5.48. The summed E-state index contributed by atoms with van der Waals surface area (Å²) < 4.78 is 13.4. The molecule has 0 aliphatic carbocycles. The molecular weight excluding hydrogens is 245 g/mol. The molecule has 0 aromatic heterocycles. The first-order chi connectivity index (χ1) is 8.85. The number of hydrogen-bond acceptors (Lipinski definition) is 2. The number of aliphatic hydroxyl groups is 1. The zero-order valence-electron chi connectivity index (χ0n) is 11.8. The molecule has 0 saturated heterocycles. The molecule has 0 radical (unpaired) electrons. The number of aliphatic hydroxyl groups excluding tert-OH is 1. The fourth-order valence-electron chi connectivity index (χ4n) is 1.80. The molecule has 0 saturated carbocycles. The highest BCUT2D eigenvalue weighted by atomic mass is 19.1. The lowest BCUT2D eigenvalue weighted by molar-refractivity contribution is 0.0932. The van der Waals surface area contributed by atoms with E-state index in [4.69, 9.17) is 5.11 Å². The van der Waals surface area contributed by atoms with E-state index in [1.807, 2.05) is 13.8 Å². The molecule has 1 rings (SSSR count). The van der Waals surface area contributed by atoms with Gasteiger partial charge >= 0.3 is 0 Å². The van der Waals surface area contributed by atoms with Gasteiger partial charge < -0.3 is 10.4 Å². The summed E-state index contributed by atoms with van der Waals surface area (Å²) in [5, 5.41) is 11.6. The first-order valence-corrected chi connectivity index (χ1v) is 6.51. The summed E-state index contributed by atoms with van der Waals surface area (Å²) in [5.74, 6) is -0.636. The van der Waals surface area contributed by atoms with Gasteiger partial charge in [-0.15, -0.1) is 0 Å². The number of rotatable bonds is 6. The van der Waals surface area contributed by atoms with E-state index in [-0.39, 0.29) is 23.7 Å². The third kappa shape index (κ3) is 4.99. The van der Waals surface area contributed by atoms with Crippen molar-refractivity contribution in [3.63, 3.8) is 0 Å². The molecule has 0 spiro atoms. The molecule has 0 bridgehead atoms. The predicted octanol–water partition coefficient (Wildman–Crippen LogP) is 2.66. The number of carbonyl (C=O) groups excluding carboxylic acids is 1. The molecule has 0 unspecified atom stereocenters. The van der Waals surface area contributed by atoms with Gasteiger partial charge in [-0.3, -0.25) is 4.79 Å². The Bertz CT molecular complexity index is 444. The molecule has 1 amide bonds. The standard InChI is InChI=1S/C15H22FNO2/c1-11-5-6-12(9-13(11)16)14(19)17-10-15(2,3)7-4-8-18/h5-6,9,18H,4,7-8,10H2,1-3H3,(H,17,19). The minimum atomic E-state index is -0.368. The van der Waals surface area contributed by atoms with Gasteiger partial charge in [0, 0.05) is 18.7 Å². The first-order valence-electron chi connectivity index (χ1n) is 6.51. The number of aryl methyl sites for hydroxylation is 1. The van der Waals surface area contributed by atoms with Crippen molar-refractivity contribution < 1.29 is 14.3 Å². The summed E-state index contributed by atoms with van der Waals surface area (Å²) >= 11 is 0. The maximum Gasteiger partial charge on any atom is 0.251 e. The van der Waals surface area contributed by atoms with Crippen molar-refractivity contribution in [3.05, 3.63) is 35.1 Å². The average Bonchev–Trinajstić information content (AvgIpc) is 2.37. The maximum atomic E-state index is 13.4. The molecule has 0 atom stereocenters. The molecule has 4 heteroatoms. The van der Waals surface area contributed by atoms with Crippen LogP contribution in [0.1, 0.15) is 42.6 Å². The highest BCUT2D eigenvalue weighted by Crippen LogP contribution is 2.21. The third-order valence-electron chi connectivity index (χ3n) is 3.17. The van der Waals surface area contributed by atoms with Crippen LogP contribution in [0.5, 0.6) is 0 Å². The Balaban J connectivity index is 2.57. The number of benzene rings is 1. The molecular formula is C15H22FNO2. The molecule has 19 heavy (non-hydrogen) atoms.